The normalized spacial score (nSPS) is 24.2. The molecule has 1 aromatic rings. The van der Waals surface area contributed by atoms with Crippen LogP contribution in [0.5, 0.6) is 0 Å². The maximum Gasteiger partial charge on any atom is 0.193 e. The number of nitrogens with zero attached hydrogens (tertiary/aromatic N) is 3. The number of ether oxygens (including phenoxy) is 1. The van der Waals surface area contributed by atoms with E-state index in [4.69, 9.17) is 4.74 Å². The molecular formula is C22H36N4O. The van der Waals surface area contributed by atoms with E-state index in [-0.39, 0.29) is 0 Å². The van der Waals surface area contributed by atoms with Crippen molar-refractivity contribution < 1.29 is 4.74 Å². The molecule has 2 aliphatic rings. The highest BCUT2D eigenvalue weighted by atomic mass is 16.5. The second-order valence-electron chi connectivity index (χ2n) is 8.14. The number of benzene rings is 1. The maximum atomic E-state index is 5.48. The molecule has 3 rings (SSSR count). The first-order chi connectivity index (χ1) is 13.2. The molecule has 0 spiro atoms. The van der Waals surface area contributed by atoms with Crippen LogP contribution in [0.4, 0.5) is 0 Å². The number of nitrogens with one attached hydrogen (secondary N) is 1. The van der Waals surface area contributed by atoms with Gasteiger partial charge in [-0.1, -0.05) is 30.7 Å². The molecule has 5 heteroatoms. The number of hydrogen-bond acceptors (Lipinski definition) is 3. The molecule has 0 radical (unpaired) electrons. The molecule has 1 N–H and O–H groups in total. The van der Waals surface area contributed by atoms with Crippen molar-refractivity contribution in [3.8, 4) is 0 Å². The quantitative estimate of drug-likeness (QED) is 0.615. The third-order valence-electron chi connectivity index (χ3n) is 5.93. The summed E-state index contributed by atoms with van der Waals surface area (Å²) in [7, 11) is 3.96. The van der Waals surface area contributed by atoms with E-state index in [9.17, 15) is 0 Å². The van der Waals surface area contributed by atoms with Gasteiger partial charge in [-0.2, -0.15) is 0 Å². The first-order valence-corrected chi connectivity index (χ1v) is 10.5. The highest BCUT2D eigenvalue weighted by Crippen LogP contribution is 2.19. The van der Waals surface area contributed by atoms with Crippen LogP contribution in [-0.4, -0.2) is 62.2 Å². The third kappa shape index (κ3) is 5.94. The predicted octanol–water partition coefficient (Wildman–Crippen LogP) is 3.10. The zero-order chi connectivity index (χ0) is 19.1. The van der Waals surface area contributed by atoms with Crippen molar-refractivity contribution in [3.63, 3.8) is 0 Å². The van der Waals surface area contributed by atoms with E-state index in [1.165, 1.54) is 36.9 Å². The van der Waals surface area contributed by atoms with Crippen molar-refractivity contribution in [1.82, 2.24) is 15.1 Å². The molecule has 0 amide bonds. The van der Waals surface area contributed by atoms with Crippen molar-refractivity contribution in [2.75, 3.05) is 40.4 Å². The van der Waals surface area contributed by atoms with Gasteiger partial charge >= 0.3 is 0 Å². The van der Waals surface area contributed by atoms with Gasteiger partial charge in [0.1, 0.15) is 0 Å². The minimum atomic E-state index is 0.616. The summed E-state index contributed by atoms with van der Waals surface area (Å²) in [6.07, 6.45) is 5.21. The lowest BCUT2D eigenvalue weighted by Crippen LogP contribution is -2.41. The molecule has 2 heterocycles. The minimum absolute atomic E-state index is 0.616. The fraction of sp³-hybridized carbons (Fsp3) is 0.682. The Kier molecular flexibility index (Phi) is 7.53. The van der Waals surface area contributed by atoms with E-state index in [2.05, 4.69) is 58.3 Å². The average Bonchev–Trinajstić information content (AvgIpc) is 3.18. The van der Waals surface area contributed by atoms with E-state index in [0.29, 0.717) is 12.0 Å². The van der Waals surface area contributed by atoms with Crippen molar-refractivity contribution >= 4 is 5.96 Å². The van der Waals surface area contributed by atoms with Gasteiger partial charge in [-0.3, -0.25) is 9.89 Å². The fourth-order valence-electron chi connectivity index (χ4n) is 4.16. The molecule has 150 valence electrons. The Bertz CT molecular complexity index is 595. The molecule has 1 aromatic carbocycles. The minimum Gasteiger partial charge on any atom is -0.381 e. The van der Waals surface area contributed by atoms with Gasteiger partial charge in [-0.05, 0) is 43.9 Å². The monoisotopic (exact) mass is 372 g/mol. The van der Waals surface area contributed by atoms with E-state index in [1.54, 1.807) is 0 Å². The molecule has 2 saturated heterocycles. The van der Waals surface area contributed by atoms with Gasteiger partial charge in [-0.25, -0.2) is 0 Å². The molecule has 0 aromatic heterocycles. The number of guanidine groups is 1. The second-order valence-corrected chi connectivity index (χ2v) is 8.14. The van der Waals surface area contributed by atoms with Crippen molar-refractivity contribution in [3.05, 3.63) is 35.4 Å². The Labute approximate surface area is 164 Å². The lowest BCUT2D eigenvalue weighted by molar-refractivity contribution is 0.152. The Balaban J connectivity index is 1.47. The molecule has 27 heavy (non-hydrogen) atoms. The molecule has 0 saturated carbocycles. The molecule has 0 aliphatic carbocycles. The molecular weight excluding hydrogens is 336 g/mol. The first-order valence-electron chi connectivity index (χ1n) is 10.5. The second kappa shape index (κ2) is 10.1. The Morgan fingerprint density at radius 1 is 1.22 bits per heavy atom. The summed E-state index contributed by atoms with van der Waals surface area (Å²) >= 11 is 0. The van der Waals surface area contributed by atoms with Crippen molar-refractivity contribution in [2.45, 2.75) is 51.7 Å². The Morgan fingerprint density at radius 2 is 2.00 bits per heavy atom. The average molecular weight is 373 g/mol. The highest BCUT2D eigenvalue weighted by Gasteiger charge is 2.19. The van der Waals surface area contributed by atoms with Crippen LogP contribution in [0.25, 0.3) is 0 Å². The molecule has 0 bridgehead atoms. The predicted molar refractivity (Wildman–Crippen MR) is 112 cm³/mol. The van der Waals surface area contributed by atoms with Gasteiger partial charge < -0.3 is 15.0 Å². The molecule has 2 fully saturated rings. The summed E-state index contributed by atoms with van der Waals surface area (Å²) < 4.78 is 5.48. The third-order valence-corrected chi connectivity index (χ3v) is 5.93. The van der Waals surface area contributed by atoms with Gasteiger partial charge in [0.05, 0.1) is 6.61 Å². The van der Waals surface area contributed by atoms with Gasteiger partial charge in [0, 0.05) is 52.3 Å². The fourth-order valence-corrected chi connectivity index (χ4v) is 4.16. The van der Waals surface area contributed by atoms with E-state index < -0.39 is 0 Å². The molecule has 2 unspecified atom stereocenters. The standard InChI is InChI=1S/C22H36N4O/c1-18-6-4-5-12-26(18)16-20-9-7-19(8-10-20)14-24-22(23-2)25(3)15-21-11-13-27-17-21/h7-10,18,21H,4-6,11-17H2,1-3H3,(H,23,24). The zero-order valence-electron chi connectivity index (χ0n) is 17.3. The van der Waals surface area contributed by atoms with Gasteiger partial charge in [0.25, 0.3) is 0 Å². The van der Waals surface area contributed by atoms with E-state index in [0.717, 1.165) is 45.2 Å². The van der Waals surface area contributed by atoms with Crippen LogP contribution in [0.2, 0.25) is 0 Å². The van der Waals surface area contributed by atoms with Crippen LogP contribution in [0.15, 0.2) is 29.3 Å². The Hall–Kier alpha value is -1.59. The van der Waals surface area contributed by atoms with E-state index >= 15 is 0 Å². The summed E-state index contributed by atoms with van der Waals surface area (Å²) in [5.74, 6) is 1.57. The first kappa shape index (κ1) is 20.2. The van der Waals surface area contributed by atoms with Crippen molar-refractivity contribution in [2.24, 2.45) is 10.9 Å². The molecule has 2 aliphatic heterocycles. The summed E-state index contributed by atoms with van der Waals surface area (Å²) in [5, 5.41) is 3.49. The summed E-state index contributed by atoms with van der Waals surface area (Å²) in [6.45, 7) is 8.23. The van der Waals surface area contributed by atoms with Crippen LogP contribution in [-0.2, 0) is 17.8 Å². The number of hydrogen-bond donors (Lipinski definition) is 1. The largest absolute Gasteiger partial charge is 0.381 e. The number of piperidine rings is 1. The smallest absolute Gasteiger partial charge is 0.193 e. The van der Waals surface area contributed by atoms with Crippen LogP contribution in [0.3, 0.4) is 0 Å². The van der Waals surface area contributed by atoms with Crippen molar-refractivity contribution in [1.29, 1.82) is 0 Å². The number of likely N-dealkylation sites (tertiary alicyclic amines) is 1. The number of aliphatic imine (C=N–C) groups is 1. The van der Waals surface area contributed by atoms with Gasteiger partial charge in [0.2, 0.25) is 0 Å². The summed E-state index contributed by atoms with van der Waals surface area (Å²) in [5.41, 5.74) is 2.71. The molecule has 5 nitrogen and oxygen atoms in total. The summed E-state index contributed by atoms with van der Waals surface area (Å²) in [4.78, 5) is 9.26. The Morgan fingerprint density at radius 3 is 2.67 bits per heavy atom. The molecule has 2 atom stereocenters. The SMILES string of the molecule is CN=C(NCc1ccc(CN2CCCCC2C)cc1)N(C)CC1CCOC1. The van der Waals surface area contributed by atoms with Crippen LogP contribution < -0.4 is 5.32 Å². The zero-order valence-corrected chi connectivity index (χ0v) is 17.3. The number of rotatable bonds is 6. The van der Waals surface area contributed by atoms with Crippen LogP contribution >= 0.6 is 0 Å². The maximum absolute atomic E-state index is 5.48. The topological polar surface area (TPSA) is 40.1 Å². The van der Waals surface area contributed by atoms with Gasteiger partial charge in [0.15, 0.2) is 5.96 Å². The van der Waals surface area contributed by atoms with E-state index in [1.807, 2.05) is 7.05 Å². The van der Waals surface area contributed by atoms with Crippen LogP contribution in [0.1, 0.15) is 43.7 Å². The van der Waals surface area contributed by atoms with Crippen LogP contribution in [0, 0.1) is 5.92 Å². The van der Waals surface area contributed by atoms with Gasteiger partial charge in [-0.15, -0.1) is 0 Å². The highest BCUT2D eigenvalue weighted by molar-refractivity contribution is 5.79. The summed E-state index contributed by atoms with van der Waals surface area (Å²) in [6, 6.07) is 9.76. The lowest BCUT2D eigenvalue weighted by Gasteiger charge is -2.33. The lowest BCUT2D eigenvalue weighted by atomic mass is 10.0.